The molecule has 1 aromatic heterocycles. The smallest absolute Gasteiger partial charge is 0.124 e. The van der Waals surface area contributed by atoms with Gasteiger partial charge in [-0.05, 0) is 17.7 Å². The number of phenols is 1. The van der Waals surface area contributed by atoms with Gasteiger partial charge in [0.2, 0.25) is 0 Å². The Morgan fingerprint density at radius 1 is 1.16 bits per heavy atom. The lowest BCUT2D eigenvalue weighted by atomic mass is 10.1. The molecule has 102 valence electrons. The molecule has 0 aromatic carbocycles. The van der Waals surface area contributed by atoms with E-state index in [1.165, 1.54) is 42.3 Å². The SMILES string of the molecule is CCCCCCCc1nncs1.Oc1cc2ccc1=2. The fourth-order valence-electron chi connectivity index (χ4n) is 1.95. The van der Waals surface area contributed by atoms with Crippen molar-refractivity contribution in [2.75, 3.05) is 0 Å². The molecular formula is C15H20N2OS. The molecule has 0 fully saturated rings. The first-order chi connectivity index (χ1) is 9.31. The van der Waals surface area contributed by atoms with E-state index in [1.54, 1.807) is 22.9 Å². The summed E-state index contributed by atoms with van der Waals surface area (Å²) in [6.45, 7) is 2.24. The van der Waals surface area contributed by atoms with Crippen LogP contribution in [0.2, 0.25) is 0 Å². The minimum Gasteiger partial charge on any atom is -0.507 e. The largest absolute Gasteiger partial charge is 0.507 e. The summed E-state index contributed by atoms with van der Waals surface area (Å²) in [5.41, 5.74) is 1.81. The van der Waals surface area contributed by atoms with E-state index in [1.807, 2.05) is 12.1 Å². The monoisotopic (exact) mass is 276 g/mol. The number of hydrogen-bond donors (Lipinski definition) is 1. The zero-order chi connectivity index (χ0) is 13.5. The summed E-state index contributed by atoms with van der Waals surface area (Å²) >= 11 is 1.66. The average molecular weight is 276 g/mol. The van der Waals surface area contributed by atoms with E-state index in [0.29, 0.717) is 5.75 Å². The van der Waals surface area contributed by atoms with Gasteiger partial charge >= 0.3 is 0 Å². The van der Waals surface area contributed by atoms with Gasteiger partial charge in [0.1, 0.15) is 16.3 Å². The summed E-state index contributed by atoms with van der Waals surface area (Å²) in [5.74, 6) is 0.442. The molecule has 4 heteroatoms. The maximum atomic E-state index is 8.69. The Morgan fingerprint density at radius 2 is 2.00 bits per heavy atom. The molecule has 0 bridgehead atoms. The maximum absolute atomic E-state index is 8.69. The number of benzene rings is 1. The zero-order valence-electron chi connectivity index (χ0n) is 11.3. The third kappa shape index (κ3) is 4.03. The van der Waals surface area contributed by atoms with Crippen LogP contribution in [0.5, 0.6) is 5.75 Å². The Kier molecular flexibility index (Phi) is 5.33. The fraction of sp³-hybridized carbons (Fsp3) is 0.467. The van der Waals surface area contributed by atoms with Gasteiger partial charge in [0.15, 0.2) is 0 Å². The van der Waals surface area contributed by atoms with Gasteiger partial charge in [-0.25, -0.2) is 0 Å². The molecule has 1 N–H and O–H groups in total. The van der Waals surface area contributed by atoms with E-state index in [9.17, 15) is 0 Å². The van der Waals surface area contributed by atoms with Crippen molar-refractivity contribution >= 4 is 11.3 Å². The van der Waals surface area contributed by atoms with Gasteiger partial charge in [-0.3, -0.25) is 0 Å². The molecule has 0 unspecified atom stereocenters. The van der Waals surface area contributed by atoms with Crippen molar-refractivity contribution < 1.29 is 5.11 Å². The van der Waals surface area contributed by atoms with Gasteiger partial charge in [-0.15, -0.1) is 21.5 Å². The molecule has 0 atom stereocenters. The molecule has 0 saturated carbocycles. The Balaban J connectivity index is 0.000000159. The van der Waals surface area contributed by atoms with Gasteiger partial charge in [0.25, 0.3) is 0 Å². The molecular weight excluding hydrogens is 256 g/mol. The molecule has 3 nitrogen and oxygen atoms in total. The minimum absolute atomic E-state index is 0.442. The molecule has 1 heterocycles. The van der Waals surface area contributed by atoms with E-state index in [-0.39, 0.29) is 0 Å². The molecule has 0 aliphatic heterocycles. The molecule has 3 rings (SSSR count). The Hall–Kier alpha value is -1.42. The average Bonchev–Trinajstić information content (AvgIpc) is 2.89. The molecule has 2 aliphatic rings. The van der Waals surface area contributed by atoms with Crippen LogP contribution in [-0.4, -0.2) is 15.3 Å². The molecule has 19 heavy (non-hydrogen) atoms. The number of aromatic nitrogens is 2. The summed E-state index contributed by atoms with van der Waals surface area (Å²) in [4.78, 5) is 0. The lowest BCUT2D eigenvalue weighted by Gasteiger charge is -2.02. The van der Waals surface area contributed by atoms with Gasteiger partial charge in [-0.1, -0.05) is 44.7 Å². The number of unbranched alkanes of at least 4 members (excludes halogenated alkanes) is 4. The van der Waals surface area contributed by atoms with E-state index >= 15 is 0 Å². The van der Waals surface area contributed by atoms with Crippen molar-refractivity contribution in [1.82, 2.24) is 10.2 Å². The van der Waals surface area contributed by atoms with Crippen LogP contribution in [0.3, 0.4) is 0 Å². The number of hydrogen-bond acceptors (Lipinski definition) is 4. The first kappa shape index (κ1) is 14.0. The normalized spacial score (nSPS) is 10.8. The van der Waals surface area contributed by atoms with Gasteiger partial charge in [0, 0.05) is 11.6 Å². The number of rotatable bonds is 6. The summed E-state index contributed by atoms with van der Waals surface area (Å²) < 4.78 is 0. The highest BCUT2D eigenvalue weighted by molar-refractivity contribution is 7.09. The summed E-state index contributed by atoms with van der Waals surface area (Å²) in [6, 6.07) is 5.65. The molecule has 1 aromatic rings. The highest BCUT2D eigenvalue weighted by Gasteiger charge is 2.00. The maximum Gasteiger partial charge on any atom is 0.124 e. The third-order valence-electron chi connectivity index (χ3n) is 3.21. The highest BCUT2D eigenvalue weighted by Crippen LogP contribution is 2.21. The minimum atomic E-state index is 0.442. The Morgan fingerprint density at radius 3 is 2.42 bits per heavy atom. The van der Waals surface area contributed by atoms with Crippen molar-refractivity contribution in [2.45, 2.75) is 45.4 Å². The van der Waals surface area contributed by atoms with Crippen LogP contribution in [0.1, 0.15) is 44.0 Å². The van der Waals surface area contributed by atoms with Crippen LogP contribution in [0.4, 0.5) is 0 Å². The second-order valence-corrected chi connectivity index (χ2v) is 5.65. The first-order valence-electron chi connectivity index (χ1n) is 6.89. The number of aryl methyl sites for hydroxylation is 1. The van der Waals surface area contributed by atoms with E-state index in [0.717, 1.165) is 11.6 Å². The first-order valence-corrected chi connectivity index (χ1v) is 7.77. The standard InChI is InChI=1S/C9H16N2S.C6H4O/c1-2-3-4-5-6-7-9-11-10-8-12-9;7-6-3-4-1-2-5(4)6/h8H,2-7H2,1H3;1-3,7H. The molecule has 0 radical (unpaired) electrons. The van der Waals surface area contributed by atoms with E-state index in [4.69, 9.17) is 5.11 Å². The van der Waals surface area contributed by atoms with Gasteiger partial charge in [0.05, 0.1) is 0 Å². The Labute approximate surface area is 117 Å². The predicted octanol–water partition coefficient (Wildman–Crippen LogP) is 4.04. The fourth-order valence-corrected chi connectivity index (χ4v) is 2.53. The van der Waals surface area contributed by atoms with Gasteiger partial charge in [-0.2, -0.15) is 0 Å². The lowest BCUT2D eigenvalue weighted by molar-refractivity contribution is 0.465. The van der Waals surface area contributed by atoms with Crippen molar-refractivity contribution in [2.24, 2.45) is 0 Å². The van der Waals surface area contributed by atoms with Crippen LogP contribution in [-0.2, 0) is 6.42 Å². The highest BCUT2D eigenvalue weighted by atomic mass is 32.1. The van der Waals surface area contributed by atoms with Gasteiger partial charge < -0.3 is 5.11 Å². The van der Waals surface area contributed by atoms with Crippen LogP contribution in [0.15, 0.2) is 23.7 Å². The van der Waals surface area contributed by atoms with Crippen LogP contribution in [0, 0.1) is 10.4 Å². The second-order valence-electron chi connectivity index (χ2n) is 4.73. The van der Waals surface area contributed by atoms with E-state index in [2.05, 4.69) is 17.1 Å². The molecule has 0 amide bonds. The summed E-state index contributed by atoms with van der Waals surface area (Å²) in [5, 5.41) is 19.9. The van der Waals surface area contributed by atoms with Crippen LogP contribution >= 0.6 is 11.3 Å². The van der Waals surface area contributed by atoms with E-state index < -0.39 is 0 Å². The van der Waals surface area contributed by atoms with Crippen LogP contribution in [0.25, 0.3) is 0 Å². The number of nitrogens with zero attached hydrogens (tertiary/aromatic N) is 2. The quantitative estimate of drug-likeness (QED) is 0.691. The molecule has 0 saturated heterocycles. The second kappa shape index (κ2) is 7.24. The van der Waals surface area contributed by atoms with Crippen molar-refractivity contribution in [3.63, 3.8) is 0 Å². The topological polar surface area (TPSA) is 46.0 Å². The summed E-state index contributed by atoms with van der Waals surface area (Å²) in [7, 11) is 0. The van der Waals surface area contributed by atoms with Crippen molar-refractivity contribution in [1.29, 1.82) is 0 Å². The zero-order valence-corrected chi connectivity index (χ0v) is 12.1. The number of phenolic OH excluding ortho intramolecular Hbond substituents is 1. The molecule has 2 aliphatic carbocycles. The van der Waals surface area contributed by atoms with Crippen LogP contribution < -0.4 is 0 Å². The summed E-state index contributed by atoms with van der Waals surface area (Å²) in [6.07, 6.45) is 7.79. The molecule has 0 spiro atoms. The third-order valence-corrected chi connectivity index (χ3v) is 3.97. The predicted molar refractivity (Wildman–Crippen MR) is 78.2 cm³/mol. The Bertz CT molecular complexity index is 581. The number of aromatic hydroxyl groups is 1. The van der Waals surface area contributed by atoms with Crippen molar-refractivity contribution in [3.8, 4) is 5.75 Å². The van der Waals surface area contributed by atoms with Crippen molar-refractivity contribution in [3.05, 3.63) is 39.2 Å². The lowest BCUT2D eigenvalue weighted by Crippen LogP contribution is -1.84.